The lowest BCUT2D eigenvalue weighted by atomic mass is 9.79. The molecule has 0 bridgehead atoms. The number of methoxy groups -OCH3 is 1. The van der Waals surface area contributed by atoms with Crippen molar-refractivity contribution < 1.29 is 14.6 Å². The molecule has 1 aliphatic carbocycles. The van der Waals surface area contributed by atoms with Crippen LogP contribution in [-0.2, 0) is 9.53 Å². The molecule has 1 amide bonds. The molecular formula is C17H33NO3. The first-order chi connectivity index (χ1) is 10.2. The number of carbonyl (C=O) groups is 1. The van der Waals surface area contributed by atoms with Gasteiger partial charge in [0.15, 0.2) is 0 Å². The molecule has 0 spiro atoms. The number of ether oxygens (including phenoxy) is 1. The van der Waals surface area contributed by atoms with E-state index in [-0.39, 0.29) is 18.4 Å². The summed E-state index contributed by atoms with van der Waals surface area (Å²) in [6.07, 6.45) is 9.20. The molecule has 0 aromatic carbocycles. The van der Waals surface area contributed by atoms with Crippen molar-refractivity contribution in [2.24, 2.45) is 11.8 Å². The SMILES string of the molecule is CCCCC1CCC(C(=O)N(CCO)CCCOC)CC1. The average molecular weight is 299 g/mol. The number of carbonyl (C=O) groups excluding carboxylic acids is 1. The molecule has 1 rings (SSSR count). The molecule has 1 fully saturated rings. The molecule has 21 heavy (non-hydrogen) atoms. The van der Waals surface area contributed by atoms with Crippen LogP contribution in [0.1, 0.15) is 58.3 Å². The number of nitrogens with zero attached hydrogens (tertiary/aromatic N) is 1. The maximum absolute atomic E-state index is 12.6. The third-order valence-electron chi connectivity index (χ3n) is 4.62. The van der Waals surface area contributed by atoms with Gasteiger partial charge < -0.3 is 14.7 Å². The van der Waals surface area contributed by atoms with E-state index in [1.807, 2.05) is 4.90 Å². The van der Waals surface area contributed by atoms with E-state index in [9.17, 15) is 4.79 Å². The topological polar surface area (TPSA) is 49.8 Å². The summed E-state index contributed by atoms with van der Waals surface area (Å²) in [5.41, 5.74) is 0. The fraction of sp³-hybridized carbons (Fsp3) is 0.941. The van der Waals surface area contributed by atoms with Gasteiger partial charge in [-0.15, -0.1) is 0 Å². The van der Waals surface area contributed by atoms with Crippen LogP contribution in [0.25, 0.3) is 0 Å². The highest BCUT2D eigenvalue weighted by Gasteiger charge is 2.28. The van der Waals surface area contributed by atoms with Crippen molar-refractivity contribution in [3.05, 3.63) is 0 Å². The number of hydrogen-bond donors (Lipinski definition) is 1. The number of hydrogen-bond acceptors (Lipinski definition) is 3. The number of rotatable bonds is 10. The van der Waals surface area contributed by atoms with Gasteiger partial charge in [0.05, 0.1) is 6.61 Å². The van der Waals surface area contributed by atoms with E-state index in [1.54, 1.807) is 7.11 Å². The third kappa shape index (κ3) is 6.79. The molecular weight excluding hydrogens is 266 g/mol. The van der Waals surface area contributed by atoms with E-state index in [4.69, 9.17) is 9.84 Å². The molecule has 0 unspecified atom stereocenters. The van der Waals surface area contributed by atoms with Crippen molar-refractivity contribution in [1.82, 2.24) is 4.90 Å². The van der Waals surface area contributed by atoms with Gasteiger partial charge in [0.1, 0.15) is 0 Å². The average Bonchev–Trinajstić information content (AvgIpc) is 2.52. The summed E-state index contributed by atoms with van der Waals surface area (Å²) in [5.74, 6) is 1.25. The monoisotopic (exact) mass is 299 g/mol. The Kier molecular flexibility index (Phi) is 9.68. The van der Waals surface area contributed by atoms with Crippen molar-refractivity contribution in [3.8, 4) is 0 Å². The predicted octanol–water partition coefficient (Wildman–Crippen LogP) is 2.84. The van der Waals surface area contributed by atoms with Gasteiger partial charge >= 0.3 is 0 Å². The van der Waals surface area contributed by atoms with Crippen molar-refractivity contribution in [3.63, 3.8) is 0 Å². The smallest absolute Gasteiger partial charge is 0.225 e. The molecule has 0 saturated heterocycles. The standard InChI is InChI=1S/C17H33NO3/c1-3-4-6-15-7-9-16(10-8-15)17(20)18(12-13-19)11-5-14-21-2/h15-16,19H,3-14H2,1-2H3. The summed E-state index contributed by atoms with van der Waals surface area (Å²) in [6.45, 7) is 4.10. The van der Waals surface area contributed by atoms with E-state index in [1.165, 1.54) is 32.1 Å². The summed E-state index contributed by atoms with van der Waals surface area (Å²) in [7, 11) is 1.68. The van der Waals surface area contributed by atoms with Gasteiger partial charge in [-0.25, -0.2) is 0 Å². The predicted molar refractivity (Wildman–Crippen MR) is 85.1 cm³/mol. The highest BCUT2D eigenvalue weighted by Crippen LogP contribution is 2.32. The molecule has 0 aromatic heterocycles. The Balaban J connectivity index is 2.37. The number of aliphatic hydroxyl groups is 1. The van der Waals surface area contributed by atoms with Gasteiger partial charge in [-0.2, -0.15) is 0 Å². The number of aliphatic hydroxyl groups excluding tert-OH is 1. The summed E-state index contributed by atoms with van der Waals surface area (Å²) >= 11 is 0. The second kappa shape index (κ2) is 11.0. The Morgan fingerprint density at radius 3 is 2.48 bits per heavy atom. The van der Waals surface area contributed by atoms with Crippen molar-refractivity contribution in [1.29, 1.82) is 0 Å². The molecule has 1 saturated carbocycles. The van der Waals surface area contributed by atoms with Crippen molar-refractivity contribution in [2.75, 3.05) is 33.4 Å². The summed E-state index contributed by atoms with van der Waals surface area (Å²) in [5, 5.41) is 9.15. The minimum Gasteiger partial charge on any atom is -0.395 e. The summed E-state index contributed by atoms with van der Waals surface area (Å²) < 4.78 is 5.05. The Hall–Kier alpha value is -0.610. The van der Waals surface area contributed by atoms with E-state index < -0.39 is 0 Å². The van der Waals surface area contributed by atoms with Gasteiger partial charge in [-0.1, -0.05) is 26.2 Å². The maximum atomic E-state index is 12.6. The highest BCUT2D eigenvalue weighted by atomic mass is 16.5. The van der Waals surface area contributed by atoms with Crippen molar-refractivity contribution >= 4 is 5.91 Å². The first-order valence-electron chi connectivity index (χ1n) is 8.61. The zero-order chi connectivity index (χ0) is 15.5. The summed E-state index contributed by atoms with van der Waals surface area (Å²) in [6, 6.07) is 0. The van der Waals surface area contributed by atoms with Gasteiger partial charge in [0, 0.05) is 32.7 Å². The van der Waals surface area contributed by atoms with Crippen LogP contribution in [0.3, 0.4) is 0 Å². The van der Waals surface area contributed by atoms with Crippen LogP contribution in [0.5, 0.6) is 0 Å². The van der Waals surface area contributed by atoms with E-state index >= 15 is 0 Å². The zero-order valence-electron chi connectivity index (χ0n) is 13.9. The van der Waals surface area contributed by atoms with Crippen LogP contribution in [0, 0.1) is 11.8 Å². The molecule has 0 aromatic rings. The quantitative estimate of drug-likeness (QED) is 0.631. The molecule has 1 N–H and O–H groups in total. The molecule has 0 heterocycles. The van der Waals surface area contributed by atoms with Crippen LogP contribution in [0.15, 0.2) is 0 Å². The third-order valence-corrected chi connectivity index (χ3v) is 4.62. The lowest BCUT2D eigenvalue weighted by molar-refractivity contribution is -0.137. The zero-order valence-corrected chi connectivity index (χ0v) is 13.9. The second-order valence-electron chi connectivity index (χ2n) is 6.26. The lowest BCUT2D eigenvalue weighted by Gasteiger charge is -2.32. The second-order valence-corrected chi connectivity index (χ2v) is 6.26. The maximum Gasteiger partial charge on any atom is 0.225 e. The first-order valence-corrected chi connectivity index (χ1v) is 8.61. The Morgan fingerprint density at radius 2 is 1.90 bits per heavy atom. The van der Waals surface area contributed by atoms with E-state index in [0.29, 0.717) is 19.7 Å². The van der Waals surface area contributed by atoms with Gasteiger partial charge in [0.25, 0.3) is 0 Å². The Morgan fingerprint density at radius 1 is 1.19 bits per heavy atom. The lowest BCUT2D eigenvalue weighted by Crippen LogP contribution is -2.40. The molecule has 0 radical (unpaired) electrons. The largest absolute Gasteiger partial charge is 0.395 e. The highest BCUT2D eigenvalue weighted by molar-refractivity contribution is 5.78. The Labute approximate surface area is 129 Å². The Bertz CT molecular complexity index is 275. The van der Waals surface area contributed by atoms with Gasteiger partial charge in [-0.3, -0.25) is 4.79 Å². The van der Waals surface area contributed by atoms with Gasteiger partial charge in [0.2, 0.25) is 5.91 Å². The molecule has 1 aliphatic rings. The molecule has 0 atom stereocenters. The first kappa shape index (κ1) is 18.4. The molecule has 0 aliphatic heterocycles. The number of amides is 1. The van der Waals surface area contributed by atoms with Gasteiger partial charge in [-0.05, 0) is 38.0 Å². The molecule has 4 nitrogen and oxygen atoms in total. The fourth-order valence-electron chi connectivity index (χ4n) is 3.30. The van der Waals surface area contributed by atoms with Crippen molar-refractivity contribution in [2.45, 2.75) is 58.3 Å². The van der Waals surface area contributed by atoms with E-state index in [0.717, 1.165) is 25.2 Å². The van der Waals surface area contributed by atoms with Crippen LogP contribution in [0.2, 0.25) is 0 Å². The van der Waals surface area contributed by atoms with Crippen LogP contribution < -0.4 is 0 Å². The number of unbranched alkanes of at least 4 members (excludes halogenated alkanes) is 1. The summed E-state index contributed by atoms with van der Waals surface area (Å²) in [4.78, 5) is 14.4. The van der Waals surface area contributed by atoms with Crippen LogP contribution >= 0.6 is 0 Å². The normalized spacial score (nSPS) is 22.2. The minimum absolute atomic E-state index is 0.0462. The minimum atomic E-state index is 0.0462. The fourth-order valence-corrected chi connectivity index (χ4v) is 3.30. The molecule has 124 valence electrons. The van der Waals surface area contributed by atoms with Crippen LogP contribution in [-0.4, -0.2) is 49.3 Å². The van der Waals surface area contributed by atoms with E-state index in [2.05, 4.69) is 6.92 Å². The van der Waals surface area contributed by atoms with Crippen LogP contribution in [0.4, 0.5) is 0 Å². The molecule has 4 heteroatoms.